The molecule has 26 heavy (non-hydrogen) atoms. The van der Waals surface area contributed by atoms with E-state index < -0.39 is 5.91 Å². The van der Waals surface area contributed by atoms with Crippen molar-refractivity contribution in [3.05, 3.63) is 57.5 Å². The Morgan fingerprint density at radius 1 is 1.19 bits per heavy atom. The number of anilines is 1. The average Bonchev–Trinajstić information content (AvgIpc) is 2.87. The number of nitrogens with two attached hydrogens (primary N) is 1. The SMILES string of the molecule is CCc1c(C)sc(NC(=O)C=Cc2ccc(C(C)(C)C)cc2)c1C(N)=O. The zero-order valence-corrected chi connectivity index (χ0v) is 16.8. The first-order valence-electron chi connectivity index (χ1n) is 8.65. The highest BCUT2D eigenvalue weighted by Gasteiger charge is 2.19. The van der Waals surface area contributed by atoms with Crippen LogP contribution in [0.3, 0.4) is 0 Å². The Kier molecular flexibility index (Phi) is 6.03. The number of hydrogen-bond acceptors (Lipinski definition) is 3. The number of primary amides is 1. The zero-order chi connectivity index (χ0) is 19.5. The third-order valence-electron chi connectivity index (χ3n) is 4.25. The van der Waals surface area contributed by atoms with E-state index in [-0.39, 0.29) is 11.3 Å². The van der Waals surface area contributed by atoms with Gasteiger partial charge in [0.15, 0.2) is 0 Å². The molecule has 0 aliphatic carbocycles. The van der Waals surface area contributed by atoms with E-state index in [0.717, 1.165) is 16.0 Å². The average molecular weight is 371 g/mol. The number of benzene rings is 1. The lowest BCUT2D eigenvalue weighted by Crippen LogP contribution is -2.16. The smallest absolute Gasteiger partial charge is 0.251 e. The van der Waals surface area contributed by atoms with Gasteiger partial charge in [0.2, 0.25) is 5.91 Å². The molecule has 1 heterocycles. The van der Waals surface area contributed by atoms with E-state index in [2.05, 4.69) is 38.2 Å². The molecule has 0 saturated carbocycles. The maximum absolute atomic E-state index is 12.3. The van der Waals surface area contributed by atoms with Gasteiger partial charge >= 0.3 is 0 Å². The van der Waals surface area contributed by atoms with Crippen LogP contribution in [0.25, 0.3) is 6.08 Å². The van der Waals surface area contributed by atoms with Crippen LogP contribution in [0, 0.1) is 6.92 Å². The number of amides is 2. The molecule has 0 unspecified atom stereocenters. The van der Waals surface area contributed by atoms with Gasteiger partial charge < -0.3 is 11.1 Å². The van der Waals surface area contributed by atoms with Gasteiger partial charge in [0.1, 0.15) is 5.00 Å². The van der Waals surface area contributed by atoms with Crippen LogP contribution in [0.15, 0.2) is 30.3 Å². The molecule has 0 saturated heterocycles. The highest BCUT2D eigenvalue weighted by atomic mass is 32.1. The fourth-order valence-corrected chi connectivity index (χ4v) is 3.93. The molecule has 0 atom stereocenters. The topological polar surface area (TPSA) is 72.2 Å². The van der Waals surface area contributed by atoms with Crippen LogP contribution in [0.5, 0.6) is 0 Å². The van der Waals surface area contributed by atoms with E-state index in [0.29, 0.717) is 17.0 Å². The van der Waals surface area contributed by atoms with Crippen LogP contribution >= 0.6 is 11.3 Å². The van der Waals surface area contributed by atoms with Crippen molar-refractivity contribution >= 4 is 34.2 Å². The summed E-state index contributed by atoms with van der Waals surface area (Å²) in [6.45, 7) is 10.4. The van der Waals surface area contributed by atoms with Crippen LogP contribution in [-0.4, -0.2) is 11.8 Å². The number of thiophene rings is 1. The minimum Gasteiger partial charge on any atom is -0.365 e. The number of hydrogen-bond donors (Lipinski definition) is 2. The molecule has 1 aromatic heterocycles. The summed E-state index contributed by atoms with van der Waals surface area (Å²) in [5.41, 5.74) is 9.10. The maximum Gasteiger partial charge on any atom is 0.251 e. The molecule has 0 fully saturated rings. The third-order valence-corrected chi connectivity index (χ3v) is 5.31. The van der Waals surface area contributed by atoms with Crippen LogP contribution < -0.4 is 11.1 Å². The standard InChI is InChI=1S/C21H26N2O2S/c1-6-16-13(2)26-20(18(16)19(22)25)23-17(24)12-9-14-7-10-15(11-8-14)21(3,4)5/h7-12H,6H2,1-5H3,(H2,22,25)(H,23,24). The van der Waals surface area contributed by atoms with Crippen LogP contribution in [0.1, 0.15) is 59.6 Å². The fourth-order valence-electron chi connectivity index (χ4n) is 2.77. The molecular weight excluding hydrogens is 344 g/mol. The minimum atomic E-state index is -0.511. The molecule has 2 aromatic rings. The molecule has 5 heteroatoms. The van der Waals surface area contributed by atoms with E-state index >= 15 is 0 Å². The summed E-state index contributed by atoms with van der Waals surface area (Å²) < 4.78 is 0. The van der Waals surface area contributed by atoms with Crippen LogP contribution in [0.2, 0.25) is 0 Å². The van der Waals surface area contributed by atoms with Gasteiger partial charge in [-0.2, -0.15) is 0 Å². The Morgan fingerprint density at radius 2 is 1.81 bits per heavy atom. The summed E-state index contributed by atoms with van der Waals surface area (Å²) in [5, 5.41) is 3.30. The van der Waals surface area contributed by atoms with Crippen molar-refractivity contribution in [3.63, 3.8) is 0 Å². The van der Waals surface area contributed by atoms with Gasteiger partial charge in [-0.1, -0.05) is 52.0 Å². The summed E-state index contributed by atoms with van der Waals surface area (Å²) in [4.78, 5) is 25.0. The molecule has 3 N–H and O–H groups in total. The number of nitrogens with one attached hydrogen (secondary N) is 1. The van der Waals surface area contributed by atoms with E-state index in [9.17, 15) is 9.59 Å². The molecule has 0 aliphatic heterocycles. The molecule has 0 aliphatic rings. The lowest BCUT2D eigenvalue weighted by atomic mass is 9.87. The number of rotatable bonds is 5. The molecular formula is C21H26N2O2S. The summed E-state index contributed by atoms with van der Waals surface area (Å²) in [5.74, 6) is -0.792. The first-order chi connectivity index (χ1) is 12.1. The highest BCUT2D eigenvalue weighted by Crippen LogP contribution is 2.33. The lowest BCUT2D eigenvalue weighted by Gasteiger charge is -2.18. The highest BCUT2D eigenvalue weighted by molar-refractivity contribution is 7.16. The largest absolute Gasteiger partial charge is 0.365 e. The first kappa shape index (κ1) is 19.9. The minimum absolute atomic E-state index is 0.0960. The van der Waals surface area contributed by atoms with Gasteiger partial charge in [0.25, 0.3) is 5.91 Å². The summed E-state index contributed by atoms with van der Waals surface area (Å²) in [6, 6.07) is 8.12. The summed E-state index contributed by atoms with van der Waals surface area (Å²) >= 11 is 1.38. The molecule has 138 valence electrons. The van der Waals surface area contributed by atoms with Crippen molar-refractivity contribution in [2.24, 2.45) is 5.73 Å². The van der Waals surface area contributed by atoms with E-state index in [4.69, 9.17) is 5.73 Å². The van der Waals surface area contributed by atoms with Gasteiger partial charge in [-0.05, 0) is 41.5 Å². The second-order valence-electron chi connectivity index (χ2n) is 7.25. The monoisotopic (exact) mass is 370 g/mol. The second kappa shape index (κ2) is 7.87. The Hall–Kier alpha value is -2.40. The van der Waals surface area contributed by atoms with Gasteiger partial charge in [0, 0.05) is 11.0 Å². The lowest BCUT2D eigenvalue weighted by molar-refractivity contribution is -0.111. The molecule has 1 aromatic carbocycles. The van der Waals surface area contributed by atoms with Gasteiger partial charge in [-0.3, -0.25) is 9.59 Å². The van der Waals surface area contributed by atoms with Crippen molar-refractivity contribution in [1.29, 1.82) is 0 Å². The summed E-state index contributed by atoms with van der Waals surface area (Å²) in [7, 11) is 0. The Balaban J connectivity index is 2.14. The molecule has 2 rings (SSSR count). The Morgan fingerprint density at radius 3 is 2.31 bits per heavy atom. The zero-order valence-electron chi connectivity index (χ0n) is 16.0. The van der Waals surface area contributed by atoms with Gasteiger partial charge in [-0.25, -0.2) is 0 Å². The van der Waals surface area contributed by atoms with Crippen molar-refractivity contribution < 1.29 is 9.59 Å². The molecule has 0 bridgehead atoms. The molecule has 0 spiro atoms. The normalized spacial score (nSPS) is 11.7. The maximum atomic E-state index is 12.3. The molecule has 0 radical (unpaired) electrons. The Bertz CT molecular complexity index is 840. The van der Waals surface area contributed by atoms with Crippen molar-refractivity contribution in [2.75, 3.05) is 5.32 Å². The molecule has 4 nitrogen and oxygen atoms in total. The summed E-state index contributed by atoms with van der Waals surface area (Å²) in [6.07, 6.45) is 3.93. The third kappa shape index (κ3) is 4.61. The van der Waals surface area contributed by atoms with Gasteiger partial charge in [-0.15, -0.1) is 11.3 Å². The second-order valence-corrected chi connectivity index (χ2v) is 8.48. The quantitative estimate of drug-likeness (QED) is 0.751. The fraction of sp³-hybridized carbons (Fsp3) is 0.333. The van der Waals surface area contributed by atoms with E-state index in [1.54, 1.807) is 6.08 Å². The van der Waals surface area contributed by atoms with Crippen molar-refractivity contribution in [2.45, 2.75) is 46.5 Å². The molecule has 2 amide bonds. The van der Waals surface area contributed by atoms with Crippen LogP contribution in [-0.2, 0) is 16.6 Å². The Labute approximate surface area is 159 Å². The number of carbonyl (C=O) groups excluding carboxylic acids is 2. The number of carbonyl (C=O) groups is 2. The van der Waals surface area contributed by atoms with Gasteiger partial charge in [0.05, 0.1) is 5.56 Å². The predicted octanol–water partition coefficient (Wildman–Crippen LogP) is 4.67. The van der Waals surface area contributed by atoms with E-state index in [1.165, 1.54) is 23.0 Å². The van der Waals surface area contributed by atoms with Crippen molar-refractivity contribution in [1.82, 2.24) is 0 Å². The number of aryl methyl sites for hydroxylation is 1. The predicted molar refractivity (Wildman–Crippen MR) is 110 cm³/mol. The van der Waals surface area contributed by atoms with Crippen molar-refractivity contribution in [3.8, 4) is 0 Å². The van der Waals surface area contributed by atoms with Crippen LogP contribution in [0.4, 0.5) is 5.00 Å². The first-order valence-corrected chi connectivity index (χ1v) is 9.46. The van der Waals surface area contributed by atoms with E-state index in [1.807, 2.05) is 26.0 Å².